The van der Waals surface area contributed by atoms with Crippen LogP contribution in [0.1, 0.15) is 10.4 Å². The molecule has 0 atom stereocenters. The van der Waals surface area contributed by atoms with Crippen LogP contribution in [0, 0.1) is 0 Å². The van der Waals surface area contributed by atoms with Gasteiger partial charge in [-0.05, 0) is 52.3 Å². The molecule has 0 saturated carbocycles. The molecule has 0 radical (unpaired) electrons. The summed E-state index contributed by atoms with van der Waals surface area (Å²) in [6, 6.07) is 10.9. The Hall–Kier alpha value is -1.66. The molecule has 0 aliphatic carbocycles. The number of carboxylic acids is 1. The van der Waals surface area contributed by atoms with Gasteiger partial charge in [-0.2, -0.15) is 0 Å². The van der Waals surface area contributed by atoms with E-state index in [4.69, 9.17) is 14.6 Å². The number of halogens is 1. The van der Waals surface area contributed by atoms with Crippen LogP contribution in [0.25, 0.3) is 0 Å². The normalized spacial score (nSPS) is 13.0. The highest BCUT2D eigenvalue weighted by Gasteiger charge is 2.13. The van der Waals surface area contributed by atoms with Gasteiger partial charge in [-0.15, -0.1) is 0 Å². The smallest absolute Gasteiger partial charge is 0.336 e. The van der Waals surface area contributed by atoms with Crippen LogP contribution in [-0.4, -0.2) is 24.3 Å². The summed E-state index contributed by atoms with van der Waals surface area (Å²) >= 11 is 4.82. The summed E-state index contributed by atoms with van der Waals surface area (Å²) in [7, 11) is 0. The van der Waals surface area contributed by atoms with Crippen molar-refractivity contribution in [2.75, 3.05) is 13.2 Å². The summed E-state index contributed by atoms with van der Waals surface area (Å²) in [6.45, 7) is 1.13. The zero-order valence-electron chi connectivity index (χ0n) is 10.8. The van der Waals surface area contributed by atoms with E-state index in [2.05, 4.69) is 15.9 Å². The third-order valence-electron chi connectivity index (χ3n) is 2.92. The molecular weight excluding hydrogens is 356 g/mol. The van der Waals surface area contributed by atoms with Crippen molar-refractivity contribution in [3.05, 3.63) is 46.4 Å². The molecule has 6 heteroatoms. The second kappa shape index (κ2) is 5.99. The van der Waals surface area contributed by atoms with E-state index in [0.717, 1.165) is 21.3 Å². The van der Waals surface area contributed by atoms with Gasteiger partial charge >= 0.3 is 5.97 Å². The molecule has 1 aliphatic heterocycles. The number of hydrogen-bond donors (Lipinski definition) is 1. The molecule has 0 spiro atoms. The lowest BCUT2D eigenvalue weighted by atomic mass is 10.2. The molecule has 0 aromatic heterocycles. The van der Waals surface area contributed by atoms with Gasteiger partial charge in [0, 0.05) is 14.3 Å². The first-order valence-electron chi connectivity index (χ1n) is 6.24. The fraction of sp³-hybridized carbons (Fsp3) is 0.133. The van der Waals surface area contributed by atoms with E-state index in [0.29, 0.717) is 17.7 Å². The lowest BCUT2D eigenvalue weighted by Gasteiger charge is -2.18. The fourth-order valence-electron chi connectivity index (χ4n) is 1.96. The van der Waals surface area contributed by atoms with E-state index in [-0.39, 0.29) is 5.56 Å². The molecule has 4 nitrogen and oxygen atoms in total. The number of carbonyl (C=O) groups is 1. The molecule has 0 bridgehead atoms. The third kappa shape index (κ3) is 3.16. The van der Waals surface area contributed by atoms with Gasteiger partial charge in [-0.25, -0.2) is 4.79 Å². The molecule has 1 heterocycles. The Bertz CT molecular complexity index is 702. The molecular formula is C15H11BrO4S. The zero-order valence-corrected chi connectivity index (χ0v) is 13.2. The van der Waals surface area contributed by atoms with E-state index in [1.807, 2.05) is 18.2 Å². The Labute approximate surface area is 134 Å². The van der Waals surface area contributed by atoms with Crippen molar-refractivity contribution in [1.29, 1.82) is 0 Å². The first-order valence-corrected chi connectivity index (χ1v) is 7.85. The Morgan fingerprint density at radius 3 is 2.43 bits per heavy atom. The van der Waals surface area contributed by atoms with Crippen LogP contribution in [0.4, 0.5) is 0 Å². The van der Waals surface area contributed by atoms with Crippen LogP contribution >= 0.6 is 27.7 Å². The summed E-state index contributed by atoms with van der Waals surface area (Å²) in [5.74, 6) is 0.554. The zero-order chi connectivity index (χ0) is 14.8. The maximum atomic E-state index is 11.0. The summed E-state index contributed by atoms with van der Waals surface area (Å²) < 4.78 is 11.6. The second-order valence-corrected chi connectivity index (χ2v) is 6.36. The van der Waals surface area contributed by atoms with Gasteiger partial charge in [0.1, 0.15) is 13.2 Å². The predicted octanol–water partition coefficient (Wildman–Crippen LogP) is 4.07. The predicted molar refractivity (Wildman–Crippen MR) is 82.7 cm³/mol. The van der Waals surface area contributed by atoms with Gasteiger partial charge in [0.15, 0.2) is 11.5 Å². The van der Waals surface area contributed by atoms with E-state index < -0.39 is 5.97 Å². The van der Waals surface area contributed by atoms with Crippen molar-refractivity contribution in [1.82, 2.24) is 0 Å². The summed E-state index contributed by atoms with van der Waals surface area (Å²) in [5.41, 5.74) is 0.251. The molecule has 0 saturated heterocycles. The molecule has 21 heavy (non-hydrogen) atoms. The largest absolute Gasteiger partial charge is 0.486 e. The van der Waals surface area contributed by atoms with Crippen molar-refractivity contribution in [3.63, 3.8) is 0 Å². The van der Waals surface area contributed by atoms with Crippen molar-refractivity contribution >= 4 is 33.7 Å². The number of rotatable bonds is 3. The van der Waals surface area contributed by atoms with E-state index in [9.17, 15) is 4.79 Å². The molecule has 2 aromatic rings. The lowest BCUT2D eigenvalue weighted by Crippen LogP contribution is -2.15. The lowest BCUT2D eigenvalue weighted by molar-refractivity contribution is 0.0696. The maximum absolute atomic E-state index is 11.0. The van der Waals surface area contributed by atoms with Crippen LogP contribution in [-0.2, 0) is 0 Å². The van der Waals surface area contributed by atoms with E-state index in [1.54, 1.807) is 18.2 Å². The minimum atomic E-state index is -0.947. The average Bonchev–Trinajstić information content (AvgIpc) is 2.47. The Morgan fingerprint density at radius 2 is 1.71 bits per heavy atom. The quantitative estimate of drug-likeness (QED) is 0.886. The topological polar surface area (TPSA) is 55.8 Å². The Balaban J connectivity index is 1.83. The number of aromatic carboxylic acids is 1. The molecule has 2 aromatic carbocycles. The minimum Gasteiger partial charge on any atom is -0.486 e. The van der Waals surface area contributed by atoms with Crippen LogP contribution in [0.15, 0.2) is 50.7 Å². The van der Waals surface area contributed by atoms with Crippen LogP contribution < -0.4 is 9.47 Å². The fourth-order valence-corrected chi connectivity index (χ4v) is 3.54. The second-order valence-electron chi connectivity index (χ2n) is 4.35. The van der Waals surface area contributed by atoms with Crippen molar-refractivity contribution in [2.45, 2.75) is 9.79 Å². The highest BCUT2D eigenvalue weighted by atomic mass is 79.9. The van der Waals surface area contributed by atoms with E-state index >= 15 is 0 Å². The maximum Gasteiger partial charge on any atom is 0.336 e. The molecule has 1 N–H and O–H groups in total. The first-order chi connectivity index (χ1) is 10.1. The summed E-state index contributed by atoms with van der Waals surface area (Å²) in [5, 5.41) is 9.01. The van der Waals surface area contributed by atoms with Crippen LogP contribution in [0.3, 0.4) is 0 Å². The van der Waals surface area contributed by atoms with E-state index in [1.165, 1.54) is 11.8 Å². The highest BCUT2D eigenvalue weighted by Crippen LogP contribution is 2.37. The van der Waals surface area contributed by atoms with Gasteiger partial charge in [0.25, 0.3) is 0 Å². The third-order valence-corrected chi connectivity index (χ3v) is 4.56. The van der Waals surface area contributed by atoms with Crippen molar-refractivity contribution in [3.8, 4) is 11.5 Å². The number of fused-ring (bicyclic) bond motifs is 1. The van der Waals surface area contributed by atoms with Gasteiger partial charge in [0.05, 0.1) is 5.56 Å². The molecule has 108 valence electrons. The molecule has 3 rings (SSSR count). The minimum absolute atomic E-state index is 0.251. The Morgan fingerprint density at radius 1 is 1.05 bits per heavy atom. The summed E-state index contributed by atoms with van der Waals surface area (Å²) in [4.78, 5) is 12.9. The SMILES string of the molecule is O=C(O)c1ccc(Sc2ccc3c(c2)OCCO3)cc1Br. The monoisotopic (exact) mass is 366 g/mol. The molecule has 0 amide bonds. The Kier molecular flexibility index (Phi) is 4.07. The standard InChI is InChI=1S/C15H11BrO4S/c16-12-7-9(1-3-11(12)15(17)18)21-10-2-4-13-14(8-10)20-6-5-19-13/h1-4,7-8H,5-6H2,(H,17,18). The van der Waals surface area contributed by atoms with Crippen molar-refractivity contribution in [2.24, 2.45) is 0 Å². The molecule has 1 aliphatic rings. The summed E-state index contributed by atoms with van der Waals surface area (Å²) in [6.07, 6.45) is 0. The average molecular weight is 367 g/mol. The number of benzene rings is 2. The van der Waals surface area contributed by atoms with Gasteiger partial charge in [-0.1, -0.05) is 11.8 Å². The number of carboxylic acid groups (broad SMARTS) is 1. The molecule has 0 unspecified atom stereocenters. The van der Waals surface area contributed by atoms with Crippen LogP contribution in [0.2, 0.25) is 0 Å². The van der Waals surface area contributed by atoms with Crippen molar-refractivity contribution < 1.29 is 19.4 Å². The highest BCUT2D eigenvalue weighted by molar-refractivity contribution is 9.10. The van der Waals surface area contributed by atoms with Gasteiger partial charge < -0.3 is 14.6 Å². The van der Waals surface area contributed by atoms with Gasteiger partial charge in [0.2, 0.25) is 0 Å². The van der Waals surface area contributed by atoms with Gasteiger partial charge in [-0.3, -0.25) is 0 Å². The molecule has 0 fully saturated rings. The van der Waals surface area contributed by atoms with Crippen LogP contribution in [0.5, 0.6) is 11.5 Å². The number of ether oxygens (including phenoxy) is 2. The first kappa shape index (κ1) is 14.3. The number of hydrogen-bond acceptors (Lipinski definition) is 4.